The van der Waals surface area contributed by atoms with Gasteiger partial charge in [-0.3, -0.25) is 29.1 Å². The molecule has 6 aromatic rings. The minimum Gasteiger partial charge on any atom is -0.493 e. The molecule has 474 valence electrons. The molecule has 1 unspecified atom stereocenters. The molecule has 2 amide bonds. The van der Waals surface area contributed by atoms with Crippen molar-refractivity contribution in [3.63, 3.8) is 0 Å². The largest absolute Gasteiger partial charge is 0.493 e. The van der Waals surface area contributed by atoms with Crippen LogP contribution in [0.2, 0.25) is 5.02 Å². The normalized spacial score (nSPS) is 19.3. The standard InChI is InChI=1S/C67H83ClFN11O9/c1-9-88-57-40-49(65(3,4)5)17-21-53(57)62-74-66(6,47-13-11-10-12-14-47)67(7,48-15-18-50(68)19-16-48)80(62)64(83)78-28-26-77(27-29-78)30-32-85-34-36-87-38-37-86-35-33-84-31-23-59(81)72-24-25-79-56-44-76(8)63(82)52-22-20-51(69)41-54(52)45(2)89-58-39-46(43-73-61(58)71)60(56)55(42-70)75-79/h10-22,39-41,43,45,64,83H,9,23-38,44H2,1-8H3,(H2,71,73)(H,72,81)/t45-,64?,66-,67+/m1/s1. The number of aliphatic hydroxyl groups is 1. The lowest BCUT2D eigenvalue weighted by atomic mass is 9.71. The Bertz CT molecular complexity index is 3480. The lowest BCUT2D eigenvalue weighted by Crippen LogP contribution is -2.63. The number of halogens is 2. The molecule has 3 aliphatic rings. The Morgan fingerprint density at radius 1 is 0.888 bits per heavy atom. The van der Waals surface area contributed by atoms with Crippen LogP contribution in [-0.4, -0.2) is 169 Å². The van der Waals surface area contributed by atoms with E-state index in [4.69, 9.17) is 50.7 Å². The Morgan fingerprint density at radius 3 is 2.21 bits per heavy atom. The van der Waals surface area contributed by atoms with Crippen LogP contribution in [-0.2, 0) is 53.3 Å². The minimum atomic E-state index is -1.04. The van der Waals surface area contributed by atoms with E-state index in [1.807, 2.05) is 49.4 Å². The highest BCUT2D eigenvalue weighted by molar-refractivity contribution is 6.30. The maximum absolute atomic E-state index is 14.5. The molecule has 4 atom stereocenters. The molecular formula is C67H83ClFN11O9. The zero-order valence-corrected chi connectivity index (χ0v) is 53.0. The molecule has 9 rings (SSSR count). The van der Waals surface area contributed by atoms with E-state index in [-0.39, 0.29) is 66.8 Å². The average molecular weight is 1240 g/mol. The van der Waals surface area contributed by atoms with Crippen LogP contribution in [0.15, 0.2) is 108 Å². The number of aromatic nitrogens is 3. The molecule has 20 nitrogen and oxygen atoms in total. The van der Waals surface area contributed by atoms with Crippen molar-refractivity contribution in [3.05, 3.63) is 159 Å². The smallest absolute Gasteiger partial charge is 0.254 e. The van der Waals surface area contributed by atoms with Crippen molar-refractivity contribution in [2.75, 3.05) is 112 Å². The fraction of sp³-hybridized carbons (Fsp3) is 0.463. The maximum atomic E-state index is 14.5. The third-order valence-electron chi connectivity index (χ3n) is 16.9. The number of nitrogens with two attached hydrogens (primary N) is 1. The number of nitrogens with one attached hydrogen (secondary N) is 1. The highest BCUT2D eigenvalue weighted by Gasteiger charge is 2.60. The van der Waals surface area contributed by atoms with Gasteiger partial charge >= 0.3 is 0 Å². The number of amides is 2. The SMILES string of the molecule is CCOc1cc(C(C)(C)C)ccc1C1=N[C@](C)(c2ccccc2)[C@](C)(c2ccc(Cl)cc2)N1C(O)N1CCN(CCOCCOCCOCCOCCC(=O)NCCn2nc(C#N)c3c2CN(C)C(=O)c2ccc(F)cc2[C@@H](C)Oc2cc-3cnc2N)CC1. The summed E-state index contributed by atoms with van der Waals surface area (Å²) < 4.78 is 51.7. The lowest BCUT2D eigenvalue weighted by Gasteiger charge is -2.51. The molecule has 4 N–H and O–H groups in total. The number of pyridine rings is 1. The second-order valence-corrected chi connectivity index (χ2v) is 24.2. The summed E-state index contributed by atoms with van der Waals surface area (Å²) in [6.07, 6.45) is -0.194. The number of aliphatic hydroxyl groups excluding tert-OH is 1. The molecule has 2 aromatic heterocycles. The van der Waals surface area contributed by atoms with Crippen LogP contribution >= 0.6 is 11.6 Å². The van der Waals surface area contributed by atoms with Crippen LogP contribution in [0.3, 0.4) is 0 Å². The number of amidine groups is 1. The Morgan fingerprint density at radius 2 is 1.55 bits per heavy atom. The van der Waals surface area contributed by atoms with Crippen molar-refractivity contribution < 1.29 is 47.5 Å². The van der Waals surface area contributed by atoms with Gasteiger partial charge in [0.25, 0.3) is 5.91 Å². The molecule has 89 heavy (non-hydrogen) atoms. The molecule has 0 aliphatic carbocycles. The number of carbonyl (C=O) groups excluding carboxylic acids is 2. The summed E-state index contributed by atoms with van der Waals surface area (Å²) in [5.41, 5.74) is 10.4. The average Bonchev–Trinajstić information content (AvgIpc) is 1.56. The number of aliphatic imine (C=N–C) groups is 1. The topological polar surface area (TPSA) is 228 Å². The number of rotatable bonds is 25. The number of nitrogen functional groups attached to an aromatic ring is 1. The fourth-order valence-electron chi connectivity index (χ4n) is 11.7. The number of nitriles is 1. The molecule has 1 fully saturated rings. The summed E-state index contributed by atoms with van der Waals surface area (Å²) in [7, 11) is 1.61. The number of anilines is 1. The van der Waals surface area contributed by atoms with Gasteiger partial charge in [0.1, 0.15) is 35.1 Å². The number of nitrogens with zero attached hydrogens (tertiary/aromatic N) is 9. The monoisotopic (exact) mass is 1240 g/mol. The van der Waals surface area contributed by atoms with E-state index < -0.39 is 35.3 Å². The van der Waals surface area contributed by atoms with E-state index >= 15 is 0 Å². The number of hydrogen-bond donors (Lipinski definition) is 3. The molecule has 0 radical (unpaired) electrons. The fourth-order valence-corrected chi connectivity index (χ4v) is 11.9. The highest BCUT2D eigenvalue weighted by Crippen LogP contribution is 2.54. The van der Waals surface area contributed by atoms with Gasteiger partial charge in [0.15, 0.2) is 23.6 Å². The number of benzene rings is 4. The molecule has 0 saturated carbocycles. The zero-order chi connectivity index (χ0) is 63.5. The summed E-state index contributed by atoms with van der Waals surface area (Å²) in [5.74, 6) is 0.496. The van der Waals surface area contributed by atoms with Gasteiger partial charge in [0, 0.05) is 86.2 Å². The molecule has 0 spiro atoms. The first-order valence-corrected chi connectivity index (χ1v) is 30.8. The van der Waals surface area contributed by atoms with Crippen molar-refractivity contribution in [1.82, 2.24) is 39.7 Å². The van der Waals surface area contributed by atoms with Crippen LogP contribution in [0.25, 0.3) is 11.1 Å². The van der Waals surface area contributed by atoms with E-state index in [1.54, 1.807) is 24.7 Å². The van der Waals surface area contributed by atoms with Gasteiger partial charge in [-0.25, -0.2) is 9.37 Å². The zero-order valence-electron chi connectivity index (χ0n) is 52.3. The van der Waals surface area contributed by atoms with Gasteiger partial charge in [-0.2, -0.15) is 10.4 Å². The molecule has 5 heterocycles. The molecule has 3 aliphatic heterocycles. The third-order valence-corrected chi connectivity index (χ3v) is 17.2. The third kappa shape index (κ3) is 15.1. The molecular weight excluding hydrogens is 1160 g/mol. The van der Waals surface area contributed by atoms with Gasteiger partial charge < -0.3 is 54.4 Å². The second-order valence-electron chi connectivity index (χ2n) is 23.8. The quantitative estimate of drug-likeness (QED) is 0.0456. The van der Waals surface area contributed by atoms with Gasteiger partial charge in [-0.1, -0.05) is 80.9 Å². The van der Waals surface area contributed by atoms with Crippen molar-refractivity contribution in [3.8, 4) is 28.7 Å². The minimum absolute atomic E-state index is 0.0303. The van der Waals surface area contributed by atoms with Crippen LogP contribution in [0.5, 0.6) is 11.5 Å². The number of hydrogen-bond acceptors (Lipinski definition) is 17. The van der Waals surface area contributed by atoms with E-state index in [2.05, 4.69) is 101 Å². The first-order chi connectivity index (χ1) is 42.7. The van der Waals surface area contributed by atoms with E-state index in [0.29, 0.717) is 99.2 Å². The number of carbonyl (C=O) groups is 2. The molecule has 22 heteroatoms. The second kappa shape index (κ2) is 29.4. The highest BCUT2D eigenvalue weighted by atomic mass is 35.5. The first-order valence-electron chi connectivity index (χ1n) is 30.4. The van der Waals surface area contributed by atoms with Gasteiger partial charge in [-0.15, -0.1) is 0 Å². The Kier molecular flexibility index (Phi) is 21.8. The summed E-state index contributed by atoms with van der Waals surface area (Å²) in [4.78, 5) is 44.7. The molecule has 4 aromatic carbocycles. The van der Waals surface area contributed by atoms with Gasteiger partial charge in [0.05, 0.1) is 89.3 Å². The summed E-state index contributed by atoms with van der Waals surface area (Å²) in [6, 6.07) is 32.3. The maximum Gasteiger partial charge on any atom is 0.254 e. The lowest BCUT2D eigenvalue weighted by molar-refractivity contribution is -0.136. The van der Waals surface area contributed by atoms with Crippen LogP contribution < -0.4 is 20.5 Å². The van der Waals surface area contributed by atoms with Crippen LogP contribution in [0, 0.1) is 17.1 Å². The number of ether oxygens (including phenoxy) is 6. The van der Waals surface area contributed by atoms with Crippen molar-refractivity contribution >= 4 is 35.1 Å². The van der Waals surface area contributed by atoms with Crippen molar-refractivity contribution in [1.29, 1.82) is 5.26 Å². The first kappa shape index (κ1) is 65.9. The predicted octanol–water partition coefficient (Wildman–Crippen LogP) is 8.67. The number of fused-ring (bicyclic) bond motifs is 5. The van der Waals surface area contributed by atoms with Gasteiger partial charge in [0.2, 0.25) is 5.91 Å². The molecule has 1 saturated heterocycles. The predicted molar refractivity (Wildman–Crippen MR) is 338 cm³/mol. The van der Waals surface area contributed by atoms with Crippen LogP contribution in [0.4, 0.5) is 10.2 Å². The summed E-state index contributed by atoms with van der Waals surface area (Å²) >= 11 is 6.52. The molecule has 2 bridgehead atoms. The van der Waals surface area contributed by atoms with E-state index in [0.717, 1.165) is 47.6 Å². The van der Waals surface area contributed by atoms with Crippen molar-refractivity contribution in [2.24, 2.45) is 4.99 Å². The Labute approximate surface area is 526 Å². The van der Waals surface area contributed by atoms with Crippen molar-refractivity contribution in [2.45, 2.75) is 96.9 Å². The van der Waals surface area contributed by atoms with E-state index in [9.17, 15) is 24.3 Å². The summed E-state index contributed by atoms with van der Waals surface area (Å²) in [6.45, 7) is 21.8. The summed E-state index contributed by atoms with van der Waals surface area (Å²) in [5, 5.41) is 31.2. The Hall–Kier alpha value is -7.52. The van der Waals surface area contributed by atoms with E-state index in [1.165, 1.54) is 29.3 Å². The van der Waals surface area contributed by atoms with Crippen LogP contribution in [0.1, 0.15) is 111 Å². The Balaban J connectivity index is 0.682. The number of piperazine rings is 1. The van der Waals surface area contributed by atoms with Gasteiger partial charge in [-0.05, 0) is 98.3 Å².